The number of para-hydroxylation sites is 3. The Balaban J connectivity index is 1.45. The lowest BCUT2D eigenvalue weighted by atomic mass is 10.3. The van der Waals surface area contributed by atoms with Crippen LogP contribution in [0.3, 0.4) is 0 Å². The first-order valence-electron chi connectivity index (χ1n) is 10.4. The molecule has 9 nitrogen and oxygen atoms in total. The summed E-state index contributed by atoms with van der Waals surface area (Å²) < 4.78 is 9.23. The minimum atomic E-state index is -0.490. The lowest BCUT2D eigenvalue weighted by Gasteiger charge is -2.09. The number of hydrogen-bond acceptors (Lipinski definition) is 8. The van der Waals surface area contributed by atoms with Crippen molar-refractivity contribution in [3.63, 3.8) is 0 Å². The molecule has 11 heteroatoms. The van der Waals surface area contributed by atoms with Crippen molar-refractivity contribution in [2.45, 2.75) is 23.4 Å². The second-order valence-corrected chi connectivity index (χ2v) is 9.95. The van der Waals surface area contributed by atoms with E-state index in [0.29, 0.717) is 20.9 Å². The van der Waals surface area contributed by atoms with Gasteiger partial charge in [0, 0.05) is 7.05 Å². The number of nitrogens with one attached hydrogen (secondary N) is 2. The van der Waals surface area contributed by atoms with Crippen molar-refractivity contribution in [1.29, 1.82) is 0 Å². The standard InChI is InChI=1S/C23H24N6O3S2/c1-14-19(21(31)29(28(14)3)16-10-6-5-7-11-16)25-20(30)15(2)33-23-27-26-22(34-23)24-17-12-8-9-13-18(17)32-4/h5-13,15H,1-4H3,(H,24,26)(H,25,30). The SMILES string of the molecule is COc1ccccc1Nc1nnc(SC(C)C(=O)Nc2c(C)n(C)n(-c3ccccc3)c2=O)s1. The van der Waals surface area contributed by atoms with E-state index in [0.717, 1.165) is 11.4 Å². The average Bonchev–Trinajstić information content (AvgIpc) is 3.37. The van der Waals surface area contributed by atoms with Crippen LogP contribution in [0.25, 0.3) is 5.69 Å². The highest BCUT2D eigenvalue weighted by molar-refractivity contribution is 8.02. The van der Waals surface area contributed by atoms with Gasteiger partial charge in [0.05, 0.1) is 29.4 Å². The van der Waals surface area contributed by atoms with E-state index in [1.54, 1.807) is 32.7 Å². The maximum Gasteiger partial charge on any atom is 0.295 e. The number of aromatic nitrogens is 4. The maximum absolute atomic E-state index is 13.0. The first-order chi connectivity index (χ1) is 16.4. The van der Waals surface area contributed by atoms with Gasteiger partial charge in [0.2, 0.25) is 11.0 Å². The van der Waals surface area contributed by atoms with Crippen molar-refractivity contribution < 1.29 is 9.53 Å². The van der Waals surface area contributed by atoms with Crippen LogP contribution in [-0.4, -0.2) is 37.8 Å². The second kappa shape index (κ2) is 10.1. The number of thioether (sulfide) groups is 1. The number of carbonyl (C=O) groups is 1. The molecule has 2 aromatic carbocycles. The lowest BCUT2D eigenvalue weighted by Crippen LogP contribution is -2.27. The van der Waals surface area contributed by atoms with E-state index in [1.807, 2.05) is 54.6 Å². The molecule has 2 aromatic heterocycles. The summed E-state index contributed by atoms with van der Waals surface area (Å²) in [6, 6.07) is 16.8. The smallest absolute Gasteiger partial charge is 0.295 e. The van der Waals surface area contributed by atoms with Crippen LogP contribution in [0.5, 0.6) is 5.75 Å². The van der Waals surface area contributed by atoms with Crippen LogP contribution in [0.4, 0.5) is 16.5 Å². The van der Waals surface area contributed by atoms with Gasteiger partial charge in [-0.1, -0.05) is 53.4 Å². The third-order valence-corrected chi connectivity index (χ3v) is 7.23. The van der Waals surface area contributed by atoms with Crippen molar-refractivity contribution in [3.05, 3.63) is 70.6 Å². The van der Waals surface area contributed by atoms with Crippen molar-refractivity contribution in [2.24, 2.45) is 7.05 Å². The maximum atomic E-state index is 13.0. The zero-order valence-corrected chi connectivity index (χ0v) is 20.7. The monoisotopic (exact) mass is 496 g/mol. The molecular formula is C23H24N6O3S2. The predicted molar refractivity (Wildman–Crippen MR) is 136 cm³/mol. The number of amides is 1. The third kappa shape index (κ3) is 4.85. The first kappa shape index (κ1) is 23.6. The van der Waals surface area contributed by atoms with Gasteiger partial charge >= 0.3 is 0 Å². The summed E-state index contributed by atoms with van der Waals surface area (Å²) in [5, 5.41) is 14.4. The number of hydrogen-bond donors (Lipinski definition) is 2. The van der Waals surface area contributed by atoms with Gasteiger partial charge in [-0.05, 0) is 38.1 Å². The van der Waals surface area contributed by atoms with Crippen LogP contribution in [0.2, 0.25) is 0 Å². The Kier molecular flexibility index (Phi) is 7.03. The molecule has 0 aliphatic heterocycles. The predicted octanol–water partition coefficient (Wildman–Crippen LogP) is 4.21. The summed E-state index contributed by atoms with van der Waals surface area (Å²) in [6.07, 6.45) is 0. The first-order valence-corrected chi connectivity index (χ1v) is 12.1. The van der Waals surface area contributed by atoms with E-state index < -0.39 is 5.25 Å². The van der Waals surface area contributed by atoms with E-state index in [4.69, 9.17) is 4.74 Å². The molecule has 34 heavy (non-hydrogen) atoms. The number of nitrogens with zero attached hydrogens (tertiary/aromatic N) is 4. The zero-order chi connectivity index (χ0) is 24.2. The fourth-order valence-corrected chi connectivity index (χ4v) is 5.22. The van der Waals surface area contributed by atoms with E-state index in [2.05, 4.69) is 20.8 Å². The Morgan fingerprint density at radius 2 is 1.82 bits per heavy atom. The van der Waals surface area contributed by atoms with Crippen LogP contribution in [0, 0.1) is 6.92 Å². The molecule has 0 aliphatic rings. The summed E-state index contributed by atoms with van der Waals surface area (Å²) in [6.45, 7) is 3.57. The highest BCUT2D eigenvalue weighted by atomic mass is 32.2. The Hall–Kier alpha value is -3.57. The van der Waals surface area contributed by atoms with E-state index >= 15 is 0 Å². The number of methoxy groups -OCH3 is 1. The third-order valence-electron chi connectivity index (χ3n) is 5.20. The molecule has 2 N–H and O–H groups in total. The summed E-state index contributed by atoms with van der Waals surface area (Å²) in [7, 11) is 3.39. The van der Waals surface area contributed by atoms with Crippen LogP contribution >= 0.6 is 23.1 Å². The number of benzene rings is 2. The summed E-state index contributed by atoms with van der Waals surface area (Å²) in [4.78, 5) is 25.9. The highest BCUT2D eigenvalue weighted by Gasteiger charge is 2.22. The Bertz CT molecular complexity index is 1360. The molecule has 1 amide bonds. The molecule has 176 valence electrons. The van der Waals surface area contributed by atoms with Crippen LogP contribution in [0.15, 0.2) is 63.7 Å². The van der Waals surface area contributed by atoms with Crippen molar-refractivity contribution in [2.75, 3.05) is 17.7 Å². The zero-order valence-electron chi connectivity index (χ0n) is 19.1. The van der Waals surface area contributed by atoms with Crippen LogP contribution in [0.1, 0.15) is 12.6 Å². The molecule has 1 unspecified atom stereocenters. The highest BCUT2D eigenvalue weighted by Crippen LogP contribution is 2.33. The number of ether oxygens (including phenoxy) is 1. The normalized spacial score (nSPS) is 11.8. The number of rotatable bonds is 8. The van der Waals surface area contributed by atoms with Gasteiger partial charge < -0.3 is 15.4 Å². The van der Waals surface area contributed by atoms with Crippen LogP contribution < -0.4 is 20.9 Å². The summed E-state index contributed by atoms with van der Waals surface area (Å²) >= 11 is 2.61. The molecule has 0 radical (unpaired) electrons. The van der Waals surface area contributed by atoms with E-state index in [1.165, 1.54) is 27.8 Å². The molecule has 0 spiro atoms. The molecule has 0 aliphatic carbocycles. The largest absolute Gasteiger partial charge is 0.495 e. The fourth-order valence-electron chi connectivity index (χ4n) is 3.31. The van der Waals surface area contributed by atoms with E-state index in [-0.39, 0.29) is 17.2 Å². The van der Waals surface area contributed by atoms with Gasteiger partial charge in [-0.3, -0.25) is 14.3 Å². The van der Waals surface area contributed by atoms with Gasteiger partial charge in [-0.15, -0.1) is 10.2 Å². The molecule has 0 saturated carbocycles. The molecule has 1 atom stereocenters. The minimum absolute atomic E-state index is 0.264. The van der Waals surface area contributed by atoms with Crippen molar-refractivity contribution in [1.82, 2.24) is 19.6 Å². The molecular weight excluding hydrogens is 472 g/mol. The van der Waals surface area contributed by atoms with Gasteiger partial charge in [-0.25, -0.2) is 4.68 Å². The number of anilines is 3. The Morgan fingerprint density at radius 1 is 1.12 bits per heavy atom. The van der Waals surface area contributed by atoms with Gasteiger partial charge in [-0.2, -0.15) is 0 Å². The molecule has 2 heterocycles. The molecule has 0 saturated heterocycles. The fraction of sp³-hybridized carbons (Fsp3) is 0.217. The number of carbonyl (C=O) groups excluding carboxylic acids is 1. The molecule has 0 bridgehead atoms. The lowest BCUT2D eigenvalue weighted by molar-refractivity contribution is -0.115. The van der Waals surface area contributed by atoms with Gasteiger partial charge in [0.15, 0.2) is 4.34 Å². The van der Waals surface area contributed by atoms with E-state index in [9.17, 15) is 9.59 Å². The van der Waals surface area contributed by atoms with Crippen molar-refractivity contribution in [3.8, 4) is 11.4 Å². The quantitative estimate of drug-likeness (QED) is 0.352. The Labute approximate surface area is 204 Å². The summed E-state index contributed by atoms with van der Waals surface area (Å²) in [5.74, 6) is 0.407. The minimum Gasteiger partial charge on any atom is -0.495 e. The van der Waals surface area contributed by atoms with Crippen LogP contribution in [-0.2, 0) is 11.8 Å². The Morgan fingerprint density at radius 3 is 2.56 bits per heavy atom. The second-order valence-electron chi connectivity index (χ2n) is 7.38. The summed E-state index contributed by atoms with van der Waals surface area (Å²) in [5.41, 5.74) is 2.15. The molecule has 4 rings (SSSR count). The van der Waals surface area contributed by atoms with Crippen molar-refractivity contribution >= 4 is 45.5 Å². The topological polar surface area (TPSA) is 103 Å². The average molecular weight is 497 g/mol. The van der Waals surface area contributed by atoms with Gasteiger partial charge in [0.1, 0.15) is 11.4 Å². The molecule has 0 fully saturated rings. The molecule has 4 aromatic rings. The van der Waals surface area contributed by atoms with Gasteiger partial charge in [0.25, 0.3) is 5.56 Å².